The molecule has 0 atom stereocenters. The maximum absolute atomic E-state index is 13.1. The quantitative estimate of drug-likeness (QED) is 0.737. The lowest BCUT2D eigenvalue weighted by Crippen LogP contribution is -2.37. The molecule has 7 heteroatoms. The fourth-order valence-corrected chi connectivity index (χ4v) is 3.65. The molecular formula is C18H20FNO4S. The standard InChI is InChI=1S/C18H20FNO4S/c1-13(2)24-18(21)12-20(16-6-4-5-14(3)11-16)25(22,23)17-9-7-15(19)8-10-17/h4-11,13H,12H2,1-3H3. The molecule has 25 heavy (non-hydrogen) atoms. The number of benzene rings is 2. The molecule has 0 radical (unpaired) electrons. The van der Waals surface area contributed by atoms with Gasteiger partial charge in [-0.3, -0.25) is 9.10 Å². The number of nitrogens with zero attached hydrogens (tertiary/aromatic N) is 1. The maximum atomic E-state index is 13.1. The van der Waals surface area contributed by atoms with Gasteiger partial charge in [-0.05, 0) is 62.7 Å². The minimum atomic E-state index is -4.05. The largest absolute Gasteiger partial charge is 0.462 e. The number of halogens is 1. The van der Waals surface area contributed by atoms with E-state index in [1.54, 1.807) is 32.0 Å². The molecule has 0 saturated heterocycles. The van der Waals surface area contributed by atoms with Crippen molar-refractivity contribution < 1.29 is 22.3 Å². The summed E-state index contributed by atoms with van der Waals surface area (Å²) in [6.45, 7) is 4.72. The van der Waals surface area contributed by atoms with Crippen molar-refractivity contribution in [1.82, 2.24) is 0 Å². The third kappa shape index (κ3) is 4.79. The van der Waals surface area contributed by atoms with Gasteiger partial charge in [-0.2, -0.15) is 0 Å². The Labute approximate surface area is 147 Å². The van der Waals surface area contributed by atoms with Crippen molar-refractivity contribution in [1.29, 1.82) is 0 Å². The van der Waals surface area contributed by atoms with Gasteiger partial charge in [-0.25, -0.2) is 12.8 Å². The first-order valence-corrected chi connectivity index (χ1v) is 9.18. The highest BCUT2D eigenvalue weighted by Crippen LogP contribution is 2.24. The van der Waals surface area contributed by atoms with Crippen molar-refractivity contribution >= 4 is 21.7 Å². The number of carbonyl (C=O) groups is 1. The lowest BCUT2D eigenvalue weighted by molar-refractivity contribution is -0.145. The summed E-state index contributed by atoms with van der Waals surface area (Å²) in [6, 6.07) is 11.2. The van der Waals surface area contributed by atoms with Crippen LogP contribution in [0.2, 0.25) is 0 Å². The summed E-state index contributed by atoms with van der Waals surface area (Å²) < 4.78 is 45.1. The number of rotatable bonds is 6. The van der Waals surface area contributed by atoms with E-state index in [0.29, 0.717) is 5.69 Å². The van der Waals surface area contributed by atoms with E-state index in [1.807, 2.05) is 13.0 Å². The molecule has 2 aromatic carbocycles. The Morgan fingerprint density at radius 2 is 1.80 bits per heavy atom. The Hall–Kier alpha value is -2.41. The van der Waals surface area contributed by atoms with Crippen molar-refractivity contribution in [3.05, 3.63) is 59.9 Å². The number of carbonyl (C=O) groups excluding carboxylic acids is 1. The van der Waals surface area contributed by atoms with Crippen molar-refractivity contribution in [2.45, 2.75) is 31.8 Å². The molecule has 0 N–H and O–H groups in total. The first-order chi connectivity index (χ1) is 11.7. The Morgan fingerprint density at radius 1 is 1.16 bits per heavy atom. The van der Waals surface area contributed by atoms with Crippen molar-refractivity contribution in [3.8, 4) is 0 Å². The summed E-state index contributed by atoms with van der Waals surface area (Å²) in [6.07, 6.45) is -0.361. The predicted octanol–water partition coefficient (Wildman–Crippen LogP) is 3.28. The Kier molecular flexibility index (Phi) is 5.79. The van der Waals surface area contributed by atoms with Crippen LogP contribution in [0.1, 0.15) is 19.4 Å². The van der Waals surface area contributed by atoms with Crippen molar-refractivity contribution in [3.63, 3.8) is 0 Å². The third-order valence-electron chi connectivity index (χ3n) is 3.33. The molecule has 0 aromatic heterocycles. The lowest BCUT2D eigenvalue weighted by Gasteiger charge is -2.24. The molecule has 0 unspecified atom stereocenters. The SMILES string of the molecule is Cc1cccc(N(CC(=O)OC(C)C)S(=O)(=O)c2ccc(F)cc2)c1. The van der Waals surface area contributed by atoms with E-state index in [9.17, 15) is 17.6 Å². The van der Waals surface area contributed by atoms with Crippen LogP contribution >= 0.6 is 0 Å². The second kappa shape index (κ2) is 7.65. The van der Waals surface area contributed by atoms with Crippen LogP contribution in [0.15, 0.2) is 53.4 Å². The van der Waals surface area contributed by atoms with Crippen LogP contribution in [0.25, 0.3) is 0 Å². The molecule has 2 rings (SSSR count). The highest BCUT2D eigenvalue weighted by atomic mass is 32.2. The van der Waals surface area contributed by atoms with Gasteiger partial charge in [-0.1, -0.05) is 12.1 Å². The normalized spacial score (nSPS) is 11.4. The zero-order valence-electron chi connectivity index (χ0n) is 14.3. The van der Waals surface area contributed by atoms with Crippen molar-refractivity contribution in [2.75, 3.05) is 10.8 Å². The van der Waals surface area contributed by atoms with Crippen molar-refractivity contribution in [2.24, 2.45) is 0 Å². The molecule has 0 spiro atoms. The first kappa shape index (κ1) is 18.9. The third-order valence-corrected chi connectivity index (χ3v) is 5.12. The summed E-state index contributed by atoms with van der Waals surface area (Å²) in [5.41, 5.74) is 1.18. The molecule has 0 fully saturated rings. The average Bonchev–Trinajstić information content (AvgIpc) is 2.52. The van der Waals surface area contributed by atoms with Gasteiger partial charge >= 0.3 is 5.97 Å². The summed E-state index contributed by atoms with van der Waals surface area (Å²) in [5, 5.41) is 0. The van der Waals surface area contributed by atoms with E-state index in [1.165, 1.54) is 12.1 Å². The van der Waals surface area contributed by atoms with Gasteiger partial charge in [0.25, 0.3) is 10.0 Å². The van der Waals surface area contributed by atoms with Gasteiger partial charge in [0.1, 0.15) is 12.4 Å². The Balaban J connectivity index is 2.46. The summed E-state index contributed by atoms with van der Waals surface area (Å²) in [7, 11) is -4.05. The molecule has 0 aliphatic rings. The second-order valence-corrected chi connectivity index (χ2v) is 7.71. The average molecular weight is 365 g/mol. The van der Waals surface area contributed by atoms with Crippen LogP contribution in [-0.2, 0) is 19.6 Å². The van der Waals surface area contributed by atoms with Crippen LogP contribution in [0.5, 0.6) is 0 Å². The molecule has 0 aliphatic heterocycles. The van der Waals surface area contributed by atoms with Gasteiger partial charge in [0.05, 0.1) is 16.7 Å². The zero-order chi connectivity index (χ0) is 18.6. The lowest BCUT2D eigenvalue weighted by atomic mass is 10.2. The molecule has 0 saturated carbocycles. The Bertz CT molecular complexity index is 848. The van der Waals surface area contributed by atoms with Gasteiger partial charge < -0.3 is 4.74 Å². The minimum Gasteiger partial charge on any atom is -0.462 e. The summed E-state index contributed by atoms with van der Waals surface area (Å²) >= 11 is 0. The number of hydrogen-bond donors (Lipinski definition) is 0. The van der Waals surface area contributed by atoms with Crippen LogP contribution in [0.4, 0.5) is 10.1 Å². The van der Waals surface area contributed by atoms with Gasteiger partial charge in [0.15, 0.2) is 0 Å². The van der Waals surface area contributed by atoms with E-state index in [-0.39, 0.29) is 11.0 Å². The molecule has 0 amide bonds. The fraction of sp³-hybridized carbons (Fsp3) is 0.278. The molecule has 0 aliphatic carbocycles. The highest BCUT2D eigenvalue weighted by Gasteiger charge is 2.28. The predicted molar refractivity (Wildman–Crippen MR) is 93.3 cm³/mol. The van der Waals surface area contributed by atoms with E-state index in [0.717, 1.165) is 22.0 Å². The molecule has 2 aromatic rings. The number of anilines is 1. The first-order valence-electron chi connectivity index (χ1n) is 7.74. The molecule has 5 nitrogen and oxygen atoms in total. The van der Waals surface area contributed by atoms with Gasteiger partial charge in [0.2, 0.25) is 0 Å². The fourth-order valence-electron chi connectivity index (χ4n) is 2.25. The van der Waals surface area contributed by atoms with E-state index < -0.39 is 28.4 Å². The number of ether oxygens (including phenoxy) is 1. The minimum absolute atomic E-state index is 0.104. The van der Waals surface area contributed by atoms with Crippen LogP contribution in [-0.4, -0.2) is 27.0 Å². The molecular weight excluding hydrogens is 345 g/mol. The van der Waals surface area contributed by atoms with Crippen LogP contribution < -0.4 is 4.31 Å². The summed E-state index contributed by atoms with van der Waals surface area (Å²) in [5.74, 6) is -1.21. The highest BCUT2D eigenvalue weighted by molar-refractivity contribution is 7.92. The molecule has 0 heterocycles. The number of aryl methyl sites for hydroxylation is 1. The van der Waals surface area contributed by atoms with Gasteiger partial charge in [-0.15, -0.1) is 0 Å². The van der Waals surface area contributed by atoms with Gasteiger partial charge in [0, 0.05) is 0 Å². The van der Waals surface area contributed by atoms with E-state index in [4.69, 9.17) is 4.74 Å². The Morgan fingerprint density at radius 3 is 2.36 bits per heavy atom. The number of esters is 1. The topological polar surface area (TPSA) is 63.7 Å². The van der Waals surface area contributed by atoms with Crippen LogP contribution in [0.3, 0.4) is 0 Å². The molecule has 0 bridgehead atoms. The number of hydrogen-bond acceptors (Lipinski definition) is 4. The second-order valence-electron chi connectivity index (χ2n) is 5.84. The summed E-state index contributed by atoms with van der Waals surface area (Å²) in [4.78, 5) is 12.0. The number of sulfonamides is 1. The monoisotopic (exact) mass is 365 g/mol. The van der Waals surface area contributed by atoms with Crippen LogP contribution in [0, 0.1) is 12.7 Å². The molecule has 134 valence electrons. The van der Waals surface area contributed by atoms with E-state index >= 15 is 0 Å². The van der Waals surface area contributed by atoms with E-state index in [2.05, 4.69) is 0 Å². The smallest absolute Gasteiger partial charge is 0.327 e. The maximum Gasteiger partial charge on any atom is 0.327 e. The zero-order valence-corrected chi connectivity index (χ0v) is 15.1.